The van der Waals surface area contributed by atoms with E-state index in [0.29, 0.717) is 5.17 Å². The van der Waals surface area contributed by atoms with Crippen LogP contribution in [0.5, 0.6) is 11.5 Å². The lowest BCUT2D eigenvalue weighted by Crippen LogP contribution is -3.11. The summed E-state index contributed by atoms with van der Waals surface area (Å²) in [7, 11) is 5.62. The number of nitrogens with zero attached hydrogens (tertiary/aromatic N) is 2. The van der Waals surface area contributed by atoms with Gasteiger partial charge in [-0.1, -0.05) is 29.4 Å². The topological polar surface area (TPSA) is 64.3 Å². The lowest BCUT2D eigenvalue weighted by molar-refractivity contribution is -0.879. The molecule has 2 aromatic carbocycles. The highest BCUT2D eigenvalue weighted by atomic mass is 35.5. The quantitative estimate of drug-likeness (QED) is 0.326. The van der Waals surface area contributed by atoms with Gasteiger partial charge in [-0.05, 0) is 59.5 Å². The molecule has 33 heavy (non-hydrogen) atoms. The number of quaternary nitrogens is 1. The molecule has 2 aromatic rings. The minimum absolute atomic E-state index is 0. The van der Waals surface area contributed by atoms with E-state index in [0.717, 1.165) is 35.9 Å². The fourth-order valence-electron chi connectivity index (χ4n) is 4.43. The van der Waals surface area contributed by atoms with Gasteiger partial charge in [-0.3, -0.25) is 5.73 Å². The Balaban J connectivity index is 0.00000193. The van der Waals surface area contributed by atoms with E-state index < -0.39 is 0 Å². The van der Waals surface area contributed by atoms with Crippen LogP contribution in [0.15, 0.2) is 59.2 Å². The molecule has 0 aliphatic carbocycles. The van der Waals surface area contributed by atoms with Gasteiger partial charge in [0, 0.05) is 5.57 Å². The molecule has 178 valence electrons. The van der Waals surface area contributed by atoms with Gasteiger partial charge >= 0.3 is 5.17 Å². The molecule has 3 N–H and O–H groups in total. The number of methoxy groups -OCH3 is 2. The summed E-state index contributed by atoms with van der Waals surface area (Å²) in [4.78, 5) is 1.46. The second kappa shape index (κ2) is 11.8. The number of halogens is 2. The second-order valence-electron chi connectivity index (χ2n) is 7.98. The monoisotopic (exact) mass is 508 g/mol. The number of ether oxygens (including phenoxy) is 2. The Morgan fingerprint density at radius 2 is 1.64 bits per heavy atom. The van der Waals surface area contributed by atoms with E-state index in [9.17, 15) is 0 Å². The van der Waals surface area contributed by atoms with E-state index in [1.807, 2.05) is 35.2 Å². The Labute approximate surface area is 212 Å². The molecule has 3 atom stereocenters. The number of amidine groups is 1. The summed E-state index contributed by atoms with van der Waals surface area (Å²) < 4.78 is 12.7. The number of hydrogen-bond donors (Lipinski definition) is 2. The number of benzene rings is 2. The second-order valence-corrected chi connectivity index (χ2v) is 8.80. The Bertz CT molecular complexity index is 1040. The van der Waals surface area contributed by atoms with Crippen LogP contribution >= 0.6 is 11.8 Å². The maximum atomic E-state index is 6.41. The van der Waals surface area contributed by atoms with Crippen LogP contribution in [0.1, 0.15) is 17.2 Å². The Morgan fingerprint density at radius 3 is 2.18 bits per heavy atom. The van der Waals surface area contributed by atoms with Crippen LogP contribution in [0.25, 0.3) is 6.08 Å². The molecule has 0 amide bonds. The van der Waals surface area contributed by atoms with Gasteiger partial charge in [0.15, 0.2) is 6.04 Å². The van der Waals surface area contributed by atoms with E-state index in [4.69, 9.17) is 20.3 Å². The van der Waals surface area contributed by atoms with Crippen molar-refractivity contribution in [1.82, 2.24) is 0 Å². The van der Waals surface area contributed by atoms with E-state index >= 15 is 0 Å². The third kappa shape index (κ3) is 5.66. The molecule has 4 rings (SSSR count). The van der Waals surface area contributed by atoms with Crippen LogP contribution in [0.4, 0.5) is 0 Å². The first-order chi connectivity index (χ1) is 15.0. The van der Waals surface area contributed by atoms with Crippen LogP contribution < -0.4 is 44.9 Å². The molecule has 0 aromatic heterocycles. The average molecular weight is 510 g/mol. The molecule has 2 aliphatic heterocycles. The zero-order chi connectivity index (χ0) is 22.0. The van der Waals surface area contributed by atoms with Crippen LogP contribution in [-0.4, -0.2) is 56.2 Å². The van der Waals surface area contributed by atoms with Crippen LogP contribution in [0.2, 0.25) is 0 Å². The molecule has 1 unspecified atom stereocenters. The SMILES string of the molecule is COc1ccc(/C=C2\C[NH+](C)C[C@@H]3C2=N/[N+](=C(\N)SC)[C@@H]3c2ccc(OC)cc2)cc1.[Cl-].[Cl-]. The Hall–Kier alpha value is -2.19. The van der Waals surface area contributed by atoms with Crippen molar-refractivity contribution < 1.29 is 43.9 Å². The molecule has 1 saturated heterocycles. The summed E-state index contributed by atoms with van der Waals surface area (Å²) >= 11 is 1.53. The number of hydrogen-bond acceptors (Lipinski definition) is 4. The highest BCUT2D eigenvalue weighted by Crippen LogP contribution is 2.37. The molecule has 2 aliphatic rings. The van der Waals surface area contributed by atoms with Crippen LogP contribution in [-0.2, 0) is 0 Å². The minimum Gasteiger partial charge on any atom is -1.00 e. The van der Waals surface area contributed by atoms with Crippen molar-refractivity contribution in [2.45, 2.75) is 6.04 Å². The van der Waals surface area contributed by atoms with E-state index in [1.165, 1.54) is 27.8 Å². The first kappa shape index (κ1) is 27.1. The number of piperidine rings is 1. The molecule has 0 saturated carbocycles. The number of likely N-dealkylation sites (N-methyl/N-ethyl adjacent to an activating group) is 1. The van der Waals surface area contributed by atoms with Gasteiger partial charge in [-0.25, -0.2) is 0 Å². The lowest BCUT2D eigenvalue weighted by Gasteiger charge is -2.29. The summed E-state index contributed by atoms with van der Waals surface area (Å²) in [5, 5.41) is 5.77. The van der Waals surface area contributed by atoms with Crippen molar-refractivity contribution in [2.24, 2.45) is 16.8 Å². The van der Waals surface area contributed by atoms with Crippen molar-refractivity contribution in [1.29, 1.82) is 0 Å². The molecule has 0 bridgehead atoms. The van der Waals surface area contributed by atoms with Gasteiger partial charge in [0.25, 0.3) is 0 Å². The van der Waals surface area contributed by atoms with E-state index in [-0.39, 0.29) is 36.8 Å². The third-order valence-corrected chi connectivity index (χ3v) is 6.56. The summed E-state index contributed by atoms with van der Waals surface area (Å²) in [5.74, 6) is 1.97. The number of rotatable bonds is 4. The molecule has 6 nitrogen and oxygen atoms in total. The van der Waals surface area contributed by atoms with Crippen molar-refractivity contribution in [3.05, 3.63) is 65.2 Å². The van der Waals surface area contributed by atoms with Crippen molar-refractivity contribution >= 4 is 28.7 Å². The Morgan fingerprint density at radius 1 is 1.06 bits per heavy atom. The lowest BCUT2D eigenvalue weighted by atomic mass is 9.83. The van der Waals surface area contributed by atoms with E-state index in [1.54, 1.807) is 14.2 Å². The van der Waals surface area contributed by atoms with Gasteiger partial charge in [0.1, 0.15) is 29.7 Å². The summed E-state index contributed by atoms with van der Waals surface area (Å²) in [6.45, 7) is 1.94. The van der Waals surface area contributed by atoms with Crippen molar-refractivity contribution in [2.75, 3.05) is 40.6 Å². The molecule has 1 fully saturated rings. The molecule has 9 heteroatoms. The first-order valence-electron chi connectivity index (χ1n) is 10.4. The molecular formula is C24H30Cl2N4O2S. The van der Waals surface area contributed by atoms with Gasteiger partial charge in [-0.15, -0.1) is 4.68 Å². The van der Waals surface area contributed by atoms with Crippen molar-refractivity contribution in [3.63, 3.8) is 0 Å². The summed E-state index contributed by atoms with van der Waals surface area (Å²) in [6.07, 6.45) is 4.24. The van der Waals surface area contributed by atoms with Gasteiger partial charge in [-0.2, -0.15) is 0 Å². The maximum Gasteiger partial charge on any atom is 0.329 e. The number of nitrogens with one attached hydrogen (secondary N) is 1. The number of likely N-dealkylation sites (tertiary alicyclic amines) is 1. The van der Waals surface area contributed by atoms with Gasteiger partial charge in [0.05, 0.1) is 27.8 Å². The largest absolute Gasteiger partial charge is 1.00 e. The van der Waals surface area contributed by atoms with Gasteiger partial charge < -0.3 is 39.2 Å². The number of hydrazone groups is 1. The number of fused-ring (bicyclic) bond motifs is 1. The van der Waals surface area contributed by atoms with Crippen LogP contribution in [0.3, 0.4) is 0 Å². The zero-order valence-electron chi connectivity index (χ0n) is 19.2. The molecule has 2 heterocycles. The predicted molar refractivity (Wildman–Crippen MR) is 127 cm³/mol. The molecular weight excluding hydrogens is 479 g/mol. The normalized spacial score (nSPS) is 24.2. The van der Waals surface area contributed by atoms with Crippen molar-refractivity contribution in [3.8, 4) is 11.5 Å². The zero-order valence-corrected chi connectivity index (χ0v) is 21.5. The summed E-state index contributed by atoms with van der Waals surface area (Å²) in [5.41, 5.74) is 11.2. The third-order valence-electron chi connectivity index (χ3n) is 5.95. The number of nitrogens with two attached hydrogens (primary N) is 1. The highest BCUT2D eigenvalue weighted by Gasteiger charge is 2.47. The first-order valence-corrected chi connectivity index (χ1v) is 11.6. The maximum absolute atomic E-state index is 6.41. The van der Waals surface area contributed by atoms with E-state index in [2.05, 4.69) is 37.4 Å². The van der Waals surface area contributed by atoms with Gasteiger partial charge in [0.2, 0.25) is 0 Å². The fourth-order valence-corrected chi connectivity index (χ4v) is 4.77. The number of thioether (sulfide) groups is 1. The Kier molecular flexibility index (Phi) is 9.67. The fraction of sp³-hybridized carbons (Fsp3) is 0.333. The highest BCUT2D eigenvalue weighted by molar-refractivity contribution is 8.12. The minimum atomic E-state index is 0. The smallest absolute Gasteiger partial charge is 0.329 e. The average Bonchev–Trinajstić information content (AvgIpc) is 3.18. The molecule has 0 radical (unpaired) electrons. The molecule has 0 spiro atoms. The summed E-state index contributed by atoms with van der Waals surface area (Å²) in [6, 6.07) is 16.5. The standard InChI is InChI=1S/C24H28N4O2S.2ClH/c1-27-14-18(13-16-5-9-19(29-2)10-6-16)22-21(15-27)23(28(26-22)24(25)31-4)17-7-11-20(30-3)12-8-17;;/h5-13,21,23,25H,14-15H2,1-4H3;2*1H/b18-13+;;/t21-,23-;;/m1../s1. The van der Waals surface area contributed by atoms with Crippen LogP contribution in [0, 0.1) is 5.92 Å². The predicted octanol–water partition coefficient (Wildman–Crippen LogP) is -3.96.